The molecule has 0 amide bonds. The van der Waals surface area contributed by atoms with E-state index in [1.165, 1.54) is 18.2 Å². The Kier molecular flexibility index (Phi) is 4.30. The van der Waals surface area contributed by atoms with Crippen LogP contribution in [-0.4, -0.2) is 16.5 Å². The van der Waals surface area contributed by atoms with Gasteiger partial charge in [-0.1, -0.05) is 11.6 Å². The van der Waals surface area contributed by atoms with Crippen LogP contribution in [0.4, 0.5) is 5.69 Å². The van der Waals surface area contributed by atoms with Crippen LogP contribution in [0.3, 0.4) is 0 Å². The first-order valence-electron chi connectivity index (χ1n) is 5.62. The molecular formula is C13H11ClN2O3. The Labute approximate surface area is 115 Å². The highest BCUT2D eigenvalue weighted by molar-refractivity contribution is 6.30. The molecule has 6 heteroatoms. The predicted octanol–water partition coefficient (Wildman–Crippen LogP) is 3.26. The second-order valence-electron chi connectivity index (χ2n) is 3.82. The van der Waals surface area contributed by atoms with E-state index >= 15 is 0 Å². The molecule has 0 saturated carbocycles. The Morgan fingerprint density at radius 1 is 1.26 bits per heavy atom. The number of hydrogen-bond acceptors (Lipinski definition) is 4. The minimum Gasteiger partial charge on any atom is -0.486 e. The molecule has 0 saturated heterocycles. The topological polar surface area (TPSA) is 65.3 Å². The van der Waals surface area contributed by atoms with E-state index in [-0.39, 0.29) is 11.4 Å². The normalized spacial score (nSPS) is 10.2. The van der Waals surface area contributed by atoms with Crippen LogP contribution < -0.4 is 4.74 Å². The van der Waals surface area contributed by atoms with E-state index in [1.54, 1.807) is 12.4 Å². The zero-order valence-corrected chi connectivity index (χ0v) is 10.7. The minimum absolute atomic E-state index is 0.0841. The summed E-state index contributed by atoms with van der Waals surface area (Å²) in [4.78, 5) is 14.3. The number of rotatable bonds is 5. The lowest BCUT2D eigenvalue weighted by Gasteiger charge is -2.07. The van der Waals surface area contributed by atoms with E-state index in [2.05, 4.69) is 4.98 Å². The van der Waals surface area contributed by atoms with Gasteiger partial charge in [0.15, 0.2) is 5.75 Å². The van der Waals surface area contributed by atoms with E-state index < -0.39 is 4.92 Å². The summed E-state index contributed by atoms with van der Waals surface area (Å²) in [6.07, 6.45) is 4.03. The number of halogens is 1. The molecule has 0 aliphatic carbocycles. The largest absolute Gasteiger partial charge is 0.486 e. The molecule has 2 aromatic rings. The van der Waals surface area contributed by atoms with Gasteiger partial charge >= 0.3 is 5.69 Å². The third-order valence-corrected chi connectivity index (χ3v) is 2.75. The molecule has 0 bridgehead atoms. The van der Waals surface area contributed by atoms with Crippen LogP contribution in [0.5, 0.6) is 5.75 Å². The van der Waals surface area contributed by atoms with Crippen molar-refractivity contribution in [2.75, 3.05) is 6.61 Å². The number of nitro benzene ring substituents is 1. The standard InChI is InChI=1S/C13H11ClN2O3/c14-11-1-2-12(16(17)18)13(9-11)19-8-5-10-3-6-15-7-4-10/h1-4,6-7,9H,5,8H2. The maximum atomic E-state index is 10.8. The van der Waals surface area contributed by atoms with Crippen LogP contribution in [-0.2, 0) is 6.42 Å². The summed E-state index contributed by atoms with van der Waals surface area (Å²) in [5.74, 6) is 0.187. The third kappa shape index (κ3) is 3.66. The number of pyridine rings is 1. The highest BCUT2D eigenvalue weighted by atomic mass is 35.5. The first-order chi connectivity index (χ1) is 9.16. The van der Waals surface area contributed by atoms with Crippen molar-refractivity contribution in [3.63, 3.8) is 0 Å². The van der Waals surface area contributed by atoms with E-state index in [0.29, 0.717) is 18.1 Å². The summed E-state index contributed by atoms with van der Waals surface area (Å²) < 4.78 is 5.44. The maximum absolute atomic E-state index is 10.8. The molecule has 0 aliphatic heterocycles. The molecule has 19 heavy (non-hydrogen) atoms. The second-order valence-corrected chi connectivity index (χ2v) is 4.26. The average Bonchev–Trinajstić information content (AvgIpc) is 2.39. The summed E-state index contributed by atoms with van der Waals surface area (Å²) in [6.45, 7) is 0.338. The van der Waals surface area contributed by atoms with Gasteiger partial charge in [0.05, 0.1) is 11.5 Å². The number of benzene rings is 1. The van der Waals surface area contributed by atoms with E-state index in [9.17, 15) is 10.1 Å². The summed E-state index contributed by atoms with van der Waals surface area (Å²) in [7, 11) is 0. The number of ether oxygens (including phenoxy) is 1. The fraction of sp³-hybridized carbons (Fsp3) is 0.154. The van der Waals surface area contributed by atoms with Gasteiger partial charge in [0, 0.05) is 36.0 Å². The van der Waals surface area contributed by atoms with Gasteiger partial charge in [0.25, 0.3) is 0 Å². The monoisotopic (exact) mass is 278 g/mol. The molecule has 5 nitrogen and oxygen atoms in total. The average molecular weight is 279 g/mol. The fourth-order valence-corrected chi connectivity index (χ4v) is 1.74. The highest BCUT2D eigenvalue weighted by Gasteiger charge is 2.15. The molecule has 2 rings (SSSR count). The Balaban J connectivity index is 2.03. The smallest absolute Gasteiger partial charge is 0.311 e. The molecule has 1 aromatic heterocycles. The zero-order valence-electron chi connectivity index (χ0n) is 9.95. The van der Waals surface area contributed by atoms with Crippen molar-refractivity contribution in [2.24, 2.45) is 0 Å². The van der Waals surface area contributed by atoms with Gasteiger partial charge in [0.2, 0.25) is 0 Å². The van der Waals surface area contributed by atoms with Crippen LogP contribution in [0, 0.1) is 10.1 Å². The Morgan fingerprint density at radius 3 is 2.68 bits per heavy atom. The molecule has 0 unspecified atom stereocenters. The first kappa shape index (κ1) is 13.3. The highest BCUT2D eigenvalue weighted by Crippen LogP contribution is 2.29. The summed E-state index contributed by atoms with van der Waals surface area (Å²) in [5, 5.41) is 11.2. The molecule has 0 aliphatic rings. The van der Waals surface area contributed by atoms with Crippen LogP contribution >= 0.6 is 11.6 Å². The van der Waals surface area contributed by atoms with Crippen molar-refractivity contribution < 1.29 is 9.66 Å². The van der Waals surface area contributed by atoms with Crippen molar-refractivity contribution in [3.05, 3.63) is 63.4 Å². The van der Waals surface area contributed by atoms with E-state index in [0.717, 1.165) is 5.56 Å². The molecule has 0 N–H and O–H groups in total. The van der Waals surface area contributed by atoms with Gasteiger partial charge in [-0.2, -0.15) is 0 Å². The zero-order chi connectivity index (χ0) is 13.7. The molecule has 1 heterocycles. The molecule has 98 valence electrons. The Bertz CT molecular complexity index is 575. The van der Waals surface area contributed by atoms with Gasteiger partial charge in [-0.25, -0.2) is 0 Å². The summed E-state index contributed by atoms with van der Waals surface area (Å²) in [6, 6.07) is 8.00. The SMILES string of the molecule is O=[N+]([O-])c1ccc(Cl)cc1OCCc1ccncc1. The molecule has 1 aromatic carbocycles. The van der Waals surface area contributed by atoms with Crippen molar-refractivity contribution in [2.45, 2.75) is 6.42 Å². The lowest BCUT2D eigenvalue weighted by Crippen LogP contribution is -2.03. The van der Waals surface area contributed by atoms with Gasteiger partial charge in [-0.15, -0.1) is 0 Å². The molecule has 0 radical (unpaired) electrons. The van der Waals surface area contributed by atoms with Crippen LogP contribution in [0.15, 0.2) is 42.7 Å². The van der Waals surface area contributed by atoms with Crippen molar-refractivity contribution in [1.82, 2.24) is 4.98 Å². The van der Waals surface area contributed by atoms with Gasteiger partial charge < -0.3 is 4.74 Å². The van der Waals surface area contributed by atoms with Crippen LogP contribution in [0.2, 0.25) is 5.02 Å². The Morgan fingerprint density at radius 2 is 2.00 bits per heavy atom. The van der Waals surface area contributed by atoms with Crippen LogP contribution in [0.1, 0.15) is 5.56 Å². The van der Waals surface area contributed by atoms with Crippen molar-refractivity contribution >= 4 is 17.3 Å². The van der Waals surface area contributed by atoms with Crippen molar-refractivity contribution in [1.29, 1.82) is 0 Å². The van der Waals surface area contributed by atoms with E-state index in [1.807, 2.05) is 12.1 Å². The molecule has 0 spiro atoms. The summed E-state index contributed by atoms with van der Waals surface area (Å²) in [5.41, 5.74) is 0.971. The quantitative estimate of drug-likeness (QED) is 0.622. The van der Waals surface area contributed by atoms with Crippen LogP contribution in [0.25, 0.3) is 0 Å². The number of hydrogen-bond donors (Lipinski definition) is 0. The second kappa shape index (κ2) is 6.15. The number of aromatic nitrogens is 1. The number of nitrogens with zero attached hydrogens (tertiary/aromatic N) is 2. The molecular weight excluding hydrogens is 268 g/mol. The molecule has 0 atom stereocenters. The lowest BCUT2D eigenvalue weighted by atomic mass is 10.2. The molecule has 0 fully saturated rings. The number of nitro groups is 1. The lowest BCUT2D eigenvalue weighted by molar-refractivity contribution is -0.385. The third-order valence-electron chi connectivity index (χ3n) is 2.52. The van der Waals surface area contributed by atoms with Gasteiger partial charge in [-0.05, 0) is 23.8 Å². The van der Waals surface area contributed by atoms with Crippen molar-refractivity contribution in [3.8, 4) is 5.75 Å². The maximum Gasteiger partial charge on any atom is 0.311 e. The fourth-order valence-electron chi connectivity index (χ4n) is 1.58. The predicted molar refractivity (Wildman–Crippen MR) is 71.5 cm³/mol. The summed E-state index contributed by atoms with van der Waals surface area (Å²) >= 11 is 5.81. The van der Waals surface area contributed by atoms with E-state index in [4.69, 9.17) is 16.3 Å². The van der Waals surface area contributed by atoms with Gasteiger partial charge in [-0.3, -0.25) is 15.1 Å². The van der Waals surface area contributed by atoms with Gasteiger partial charge in [0.1, 0.15) is 0 Å². The minimum atomic E-state index is -0.488. The Hall–Kier alpha value is -2.14. The first-order valence-corrected chi connectivity index (χ1v) is 6.00.